The van der Waals surface area contributed by atoms with E-state index >= 15 is 0 Å². The van der Waals surface area contributed by atoms with Crippen molar-refractivity contribution in [3.63, 3.8) is 0 Å². The van der Waals surface area contributed by atoms with Crippen molar-refractivity contribution in [2.24, 2.45) is 5.92 Å². The highest BCUT2D eigenvalue weighted by Crippen LogP contribution is 2.19. The van der Waals surface area contributed by atoms with E-state index < -0.39 is 0 Å². The molecule has 2 aromatic rings. The van der Waals surface area contributed by atoms with Gasteiger partial charge in [0, 0.05) is 17.8 Å². The minimum Gasteiger partial charge on any atom is -0.492 e. The summed E-state index contributed by atoms with van der Waals surface area (Å²) in [5.74, 6) is 0.467. The lowest BCUT2D eigenvalue weighted by Gasteiger charge is -2.14. The van der Waals surface area contributed by atoms with Crippen molar-refractivity contribution >= 4 is 40.5 Å². The van der Waals surface area contributed by atoms with Crippen LogP contribution in [0.2, 0.25) is 0 Å². The molecule has 0 saturated heterocycles. The molecule has 7 heteroatoms. The number of ether oxygens (including phenoxy) is 1. The van der Waals surface area contributed by atoms with E-state index in [9.17, 15) is 9.59 Å². The lowest BCUT2D eigenvalue weighted by atomic mass is 10.2. The van der Waals surface area contributed by atoms with E-state index in [1.54, 1.807) is 42.5 Å². The van der Waals surface area contributed by atoms with Crippen LogP contribution in [-0.4, -0.2) is 23.5 Å². The predicted octanol–water partition coefficient (Wildman–Crippen LogP) is 4.59. The Labute approximate surface area is 177 Å². The molecule has 6 nitrogen and oxygen atoms in total. The lowest BCUT2D eigenvalue weighted by Crippen LogP contribution is -2.34. The van der Waals surface area contributed by atoms with Gasteiger partial charge in [-0.1, -0.05) is 39.0 Å². The number of rotatable bonds is 8. The summed E-state index contributed by atoms with van der Waals surface area (Å²) in [5, 5.41) is 8.62. The lowest BCUT2D eigenvalue weighted by molar-refractivity contribution is -0.116. The van der Waals surface area contributed by atoms with E-state index in [-0.39, 0.29) is 16.9 Å². The highest BCUT2D eigenvalue weighted by Gasteiger charge is 2.14. The van der Waals surface area contributed by atoms with Crippen molar-refractivity contribution in [1.29, 1.82) is 0 Å². The Bertz CT molecular complexity index is 868. The smallest absolute Gasteiger partial charge is 0.261 e. The zero-order valence-electron chi connectivity index (χ0n) is 17.0. The van der Waals surface area contributed by atoms with Crippen molar-refractivity contribution in [3.8, 4) is 5.75 Å². The number of carbonyl (C=O) groups is 2. The van der Waals surface area contributed by atoms with Crippen molar-refractivity contribution in [2.75, 3.05) is 17.2 Å². The molecule has 3 N–H and O–H groups in total. The number of amides is 2. The van der Waals surface area contributed by atoms with Gasteiger partial charge in [0.05, 0.1) is 12.2 Å². The summed E-state index contributed by atoms with van der Waals surface area (Å²) >= 11 is 5.26. The summed E-state index contributed by atoms with van der Waals surface area (Å²) in [6.45, 7) is 6.55. The molecule has 2 rings (SSSR count). The summed E-state index contributed by atoms with van der Waals surface area (Å²) in [6, 6.07) is 14.2. The van der Waals surface area contributed by atoms with Gasteiger partial charge in [0.25, 0.3) is 5.91 Å². The SMILES string of the molecule is CCCC(=O)Nc1cccc(NC(=S)NC(=O)c2ccccc2OCC(C)C)c1. The number of carbonyl (C=O) groups excluding carboxylic acids is 2. The number of para-hydroxylation sites is 1. The van der Waals surface area contributed by atoms with Crippen molar-refractivity contribution < 1.29 is 14.3 Å². The van der Waals surface area contributed by atoms with Crippen LogP contribution in [0.3, 0.4) is 0 Å². The fourth-order valence-electron chi connectivity index (χ4n) is 2.49. The third-order valence-electron chi connectivity index (χ3n) is 3.81. The summed E-state index contributed by atoms with van der Waals surface area (Å²) in [4.78, 5) is 24.4. The van der Waals surface area contributed by atoms with Gasteiger partial charge in [-0.3, -0.25) is 14.9 Å². The van der Waals surface area contributed by atoms with Gasteiger partial charge in [-0.05, 0) is 54.9 Å². The first-order valence-electron chi connectivity index (χ1n) is 9.63. The number of benzene rings is 2. The van der Waals surface area contributed by atoms with Crippen LogP contribution in [0.15, 0.2) is 48.5 Å². The Morgan fingerprint density at radius 3 is 2.41 bits per heavy atom. The molecule has 154 valence electrons. The van der Waals surface area contributed by atoms with Gasteiger partial charge in [-0.2, -0.15) is 0 Å². The van der Waals surface area contributed by atoms with E-state index in [1.807, 2.05) is 26.8 Å². The predicted molar refractivity (Wildman–Crippen MR) is 120 cm³/mol. The Morgan fingerprint density at radius 1 is 1.03 bits per heavy atom. The van der Waals surface area contributed by atoms with Gasteiger partial charge < -0.3 is 15.4 Å². The second-order valence-corrected chi connectivity index (χ2v) is 7.40. The van der Waals surface area contributed by atoms with E-state index in [2.05, 4.69) is 16.0 Å². The van der Waals surface area contributed by atoms with Gasteiger partial charge in [0.15, 0.2) is 5.11 Å². The molecule has 0 fully saturated rings. The Kier molecular flexibility index (Phi) is 8.61. The normalized spacial score (nSPS) is 10.3. The van der Waals surface area contributed by atoms with Crippen LogP contribution in [0.1, 0.15) is 44.0 Å². The topological polar surface area (TPSA) is 79.5 Å². The van der Waals surface area contributed by atoms with Gasteiger partial charge in [0.2, 0.25) is 5.91 Å². The van der Waals surface area contributed by atoms with E-state index in [4.69, 9.17) is 17.0 Å². The molecule has 2 amide bonds. The Hall–Kier alpha value is -2.93. The quantitative estimate of drug-likeness (QED) is 0.552. The highest BCUT2D eigenvalue weighted by molar-refractivity contribution is 7.80. The first-order valence-corrected chi connectivity index (χ1v) is 10.0. The minimum absolute atomic E-state index is 0.0430. The summed E-state index contributed by atoms with van der Waals surface area (Å²) in [7, 11) is 0. The average Bonchev–Trinajstić information content (AvgIpc) is 2.66. The molecule has 0 saturated carbocycles. The molecule has 0 aliphatic rings. The summed E-state index contributed by atoms with van der Waals surface area (Å²) in [6.07, 6.45) is 1.24. The van der Waals surface area contributed by atoms with Crippen LogP contribution >= 0.6 is 12.2 Å². The minimum atomic E-state index is -0.353. The second-order valence-electron chi connectivity index (χ2n) is 6.99. The summed E-state index contributed by atoms with van der Waals surface area (Å²) < 4.78 is 5.73. The maximum Gasteiger partial charge on any atom is 0.261 e. The molecule has 2 aromatic carbocycles. The third kappa shape index (κ3) is 7.54. The molecular formula is C22H27N3O3S. The number of hydrogen-bond donors (Lipinski definition) is 3. The van der Waals surface area contributed by atoms with E-state index in [1.165, 1.54) is 0 Å². The summed E-state index contributed by atoms with van der Waals surface area (Å²) in [5.41, 5.74) is 1.74. The van der Waals surface area contributed by atoms with Crippen LogP contribution in [0, 0.1) is 5.92 Å². The van der Waals surface area contributed by atoms with Gasteiger partial charge >= 0.3 is 0 Å². The third-order valence-corrected chi connectivity index (χ3v) is 4.02. The standard InChI is InChI=1S/C22H27N3O3S/c1-4-8-20(26)23-16-9-7-10-17(13-16)24-22(29)25-21(27)18-11-5-6-12-19(18)28-14-15(2)3/h5-7,9-13,15H,4,8,14H2,1-3H3,(H,23,26)(H2,24,25,27,29). The number of thiocarbonyl (C=S) groups is 1. The van der Waals surface area contributed by atoms with Crippen molar-refractivity contribution in [2.45, 2.75) is 33.6 Å². The first kappa shape index (κ1) is 22.4. The van der Waals surface area contributed by atoms with E-state index in [0.29, 0.717) is 41.6 Å². The van der Waals surface area contributed by atoms with Crippen molar-refractivity contribution in [1.82, 2.24) is 5.32 Å². The molecule has 0 aromatic heterocycles. The molecule has 0 atom stereocenters. The van der Waals surface area contributed by atoms with Crippen LogP contribution in [-0.2, 0) is 4.79 Å². The molecule has 0 aliphatic carbocycles. The zero-order chi connectivity index (χ0) is 21.2. The Morgan fingerprint density at radius 2 is 1.72 bits per heavy atom. The van der Waals surface area contributed by atoms with E-state index in [0.717, 1.165) is 6.42 Å². The van der Waals surface area contributed by atoms with Gasteiger partial charge in [-0.15, -0.1) is 0 Å². The number of anilines is 2. The molecule has 29 heavy (non-hydrogen) atoms. The monoisotopic (exact) mass is 413 g/mol. The number of hydrogen-bond acceptors (Lipinski definition) is 4. The fraction of sp³-hybridized carbons (Fsp3) is 0.318. The van der Waals surface area contributed by atoms with Crippen LogP contribution in [0.25, 0.3) is 0 Å². The first-order chi connectivity index (χ1) is 13.9. The van der Waals surface area contributed by atoms with Crippen LogP contribution < -0.4 is 20.7 Å². The molecule has 0 heterocycles. The maximum atomic E-state index is 12.6. The Balaban J connectivity index is 1.99. The molecule has 0 aliphatic heterocycles. The average molecular weight is 414 g/mol. The van der Waals surface area contributed by atoms with Gasteiger partial charge in [0.1, 0.15) is 5.75 Å². The van der Waals surface area contributed by atoms with Crippen LogP contribution in [0.4, 0.5) is 11.4 Å². The van der Waals surface area contributed by atoms with Gasteiger partial charge in [-0.25, -0.2) is 0 Å². The molecule has 0 radical (unpaired) electrons. The molecular weight excluding hydrogens is 386 g/mol. The molecule has 0 spiro atoms. The van der Waals surface area contributed by atoms with Crippen LogP contribution in [0.5, 0.6) is 5.75 Å². The van der Waals surface area contributed by atoms with Crippen molar-refractivity contribution in [3.05, 3.63) is 54.1 Å². The second kappa shape index (κ2) is 11.2. The highest BCUT2D eigenvalue weighted by atomic mass is 32.1. The largest absolute Gasteiger partial charge is 0.492 e. The molecule has 0 unspecified atom stereocenters. The fourth-order valence-corrected chi connectivity index (χ4v) is 2.71. The maximum absolute atomic E-state index is 12.6. The molecule has 0 bridgehead atoms. The zero-order valence-corrected chi connectivity index (χ0v) is 17.8. The number of nitrogens with one attached hydrogen (secondary N) is 3.